The van der Waals surface area contributed by atoms with E-state index in [0.29, 0.717) is 0 Å². The van der Waals surface area contributed by atoms with Crippen molar-refractivity contribution in [2.24, 2.45) is 0 Å². The van der Waals surface area contributed by atoms with Crippen molar-refractivity contribution in [3.05, 3.63) is 0 Å². The molecule has 0 aromatic heterocycles. The quantitative estimate of drug-likeness (QED) is 0.636. The van der Waals surface area contributed by atoms with Crippen molar-refractivity contribution in [1.29, 1.82) is 0 Å². The van der Waals surface area contributed by atoms with E-state index in [9.17, 15) is 18.0 Å². The summed E-state index contributed by atoms with van der Waals surface area (Å²) in [5.74, 6) is -2.50. The maximum absolute atomic E-state index is 11.6. The molecule has 1 N–H and O–H groups in total. The molecular formula is C9H16N2O6S. The average molecular weight is 280 g/mol. The summed E-state index contributed by atoms with van der Waals surface area (Å²) < 4.78 is 29.0. The molecule has 0 spiro atoms. The maximum atomic E-state index is 11.6. The highest BCUT2D eigenvalue weighted by molar-refractivity contribution is 7.89. The molecule has 1 saturated heterocycles. The molecule has 0 saturated carbocycles. The van der Waals surface area contributed by atoms with Gasteiger partial charge in [-0.1, -0.05) is 0 Å². The van der Waals surface area contributed by atoms with Crippen LogP contribution < -0.4 is 0 Å². The van der Waals surface area contributed by atoms with Crippen molar-refractivity contribution in [3.63, 3.8) is 0 Å². The lowest BCUT2D eigenvalue weighted by Gasteiger charge is -2.33. The molecule has 0 aromatic carbocycles. The van der Waals surface area contributed by atoms with Gasteiger partial charge in [-0.25, -0.2) is 8.42 Å². The number of hydrogen-bond donors (Lipinski definition) is 1. The first kappa shape index (κ1) is 14.9. The van der Waals surface area contributed by atoms with E-state index in [2.05, 4.69) is 0 Å². The van der Waals surface area contributed by atoms with Crippen LogP contribution in [0.5, 0.6) is 0 Å². The predicted octanol–water partition coefficient (Wildman–Crippen LogP) is -1.81. The number of piperazine rings is 1. The van der Waals surface area contributed by atoms with Crippen LogP contribution >= 0.6 is 0 Å². The first-order valence-corrected chi connectivity index (χ1v) is 6.94. The maximum Gasteiger partial charge on any atom is 0.320 e. The fourth-order valence-electron chi connectivity index (χ4n) is 1.68. The van der Waals surface area contributed by atoms with E-state index in [0.717, 1.165) is 4.31 Å². The largest absolute Gasteiger partial charge is 0.480 e. The van der Waals surface area contributed by atoms with Crippen LogP contribution in [0.1, 0.15) is 0 Å². The number of carbonyl (C=O) groups excluding carboxylic acids is 1. The van der Waals surface area contributed by atoms with Crippen LogP contribution in [0, 0.1) is 0 Å². The lowest BCUT2D eigenvalue weighted by Crippen LogP contribution is -2.52. The predicted molar refractivity (Wildman–Crippen MR) is 61.5 cm³/mol. The van der Waals surface area contributed by atoms with Crippen LogP contribution in [-0.4, -0.2) is 80.3 Å². The number of amides is 1. The van der Waals surface area contributed by atoms with E-state index in [1.54, 1.807) is 0 Å². The Morgan fingerprint density at radius 2 is 1.78 bits per heavy atom. The average Bonchev–Trinajstić information content (AvgIpc) is 2.28. The Kier molecular flexibility index (Phi) is 5.05. The monoisotopic (exact) mass is 280 g/mol. The number of nitrogens with zero attached hydrogens (tertiary/aromatic N) is 2. The van der Waals surface area contributed by atoms with Gasteiger partial charge in [-0.15, -0.1) is 0 Å². The molecular weight excluding hydrogens is 264 g/mol. The van der Waals surface area contributed by atoms with Crippen molar-refractivity contribution in [3.8, 4) is 0 Å². The summed E-state index contributed by atoms with van der Waals surface area (Å²) >= 11 is 0. The van der Waals surface area contributed by atoms with Crippen molar-refractivity contribution >= 4 is 21.9 Å². The van der Waals surface area contributed by atoms with Crippen molar-refractivity contribution < 1.29 is 27.9 Å². The van der Waals surface area contributed by atoms with E-state index >= 15 is 0 Å². The van der Waals surface area contributed by atoms with Gasteiger partial charge in [0.1, 0.15) is 6.61 Å². The minimum Gasteiger partial charge on any atom is -0.480 e. The number of rotatable bonds is 5. The Hall–Kier alpha value is -1.19. The molecule has 1 rings (SSSR count). The molecule has 0 aromatic rings. The fraction of sp³-hybridized carbons (Fsp3) is 0.778. The van der Waals surface area contributed by atoms with Crippen LogP contribution in [0.15, 0.2) is 0 Å². The normalized spacial score (nSPS) is 17.7. The molecule has 1 amide bonds. The fourth-order valence-corrected chi connectivity index (χ4v) is 2.89. The molecule has 0 aliphatic carbocycles. The Labute approximate surface area is 105 Å². The standard InChI is InChI=1S/C9H16N2O6S/c1-17-6-8(12)10-2-4-11(5-3-10)18(15,16)7-9(13)14/h2-7H2,1H3,(H,13,14). The molecule has 1 heterocycles. The summed E-state index contributed by atoms with van der Waals surface area (Å²) in [6.45, 7) is 0.695. The van der Waals surface area contributed by atoms with Gasteiger partial charge < -0.3 is 14.7 Å². The second-order valence-electron chi connectivity index (χ2n) is 3.86. The van der Waals surface area contributed by atoms with Gasteiger partial charge in [0.2, 0.25) is 15.9 Å². The number of carboxylic acid groups (broad SMARTS) is 1. The SMILES string of the molecule is COCC(=O)N1CCN(S(=O)(=O)CC(=O)O)CC1. The third kappa shape index (κ3) is 3.93. The van der Waals surface area contributed by atoms with Gasteiger partial charge in [-0.2, -0.15) is 4.31 Å². The minimum atomic E-state index is -3.78. The van der Waals surface area contributed by atoms with Crippen molar-refractivity contribution in [2.45, 2.75) is 0 Å². The van der Waals surface area contributed by atoms with Crippen LogP contribution in [0.4, 0.5) is 0 Å². The van der Waals surface area contributed by atoms with Crippen LogP contribution in [0.25, 0.3) is 0 Å². The second-order valence-corrected chi connectivity index (χ2v) is 5.83. The zero-order valence-corrected chi connectivity index (χ0v) is 10.9. The Balaban J connectivity index is 2.53. The summed E-state index contributed by atoms with van der Waals surface area (Å²) in [6, 6.07) is 0. The first-order chi connectivity index (χ1) is 8.36. The molecule has 0 radical (unpaired) electrons. The van der Waals surface area contributed by atoms with Gasteiger partial charge in [0.25, 0.3) is 0 Å². The molecule has 1 aliphatic heterocycles. The molecule has 0 unspecified atom stereocenters. The lowest BCUT2D eigenvalue weighted by atomic mass is 10.3. The highest BCUT2D eigenvalue weighted by Gasteiger charge is 2.30. The second kappa shape index (κ2) is 6.12. The molecule has 0 atom stereocenters. The Bertz CT molecular complexity index is 413. The van der Waals surface area contributed by atoms with Crippen LogP contribution in [0.2, 0.25) is 0 Å². The van der Waals surface area contributed by atoms with Gasteiger partial charge in [0.05, 0.1) is 0 Å². The number of aliphatic carboxylic acids is 1. The molecule has 8 nitrogen and oxygen atoms in total. The highest BCUT2D eigenvalue weighted by atomic mass is 32.2. The van der Waals surface area contributed by atoms with E-state index in [-0.39, 0.29) is 38.7 Å². The Morgan fingerprint density at radius 1 is 1.22 bits per heavy atom. The van der Waals surface area contributed by atoms with E-state index in [1.807, 2.05) is 0 Å². The van der Waals surface area contributed by atoms with E-state index < -0.39 is 21.7 Å². The number of carbonyl (C=O) groups is 2. The van der Waals surface area contributed by atoms with Gasteiger partial charge >= 0.3 is 5.97 Å². The number of sulfonamides is 1. The number of methoxy groups -OCH3 is 1. The molecule has 1 aliphatic rings. The van der Waals surface area contributed by atoms with Crippen molar-refractivity contribution in [1.82, 2.24) is 9.21 Å². The topological polar surface area (TPSA) is 104 Å². The number of carboxylic acids is 1. The summed E-state index contributed by atoms with van der Waals surface area (Å²) in [4.78, 5) is 23.4. The van der Waals surface area contributed by atoms with Crippen molar-refractivity contribution in [2.75, 3.05) is 45.6 Å². The van der Waals surface area contributed by atoms with Crippen LogP contribution in [0.3, 0.4) is 0 Å². The minimum absolute atomic E-state index is 0.0398. The first-order valence-electron chi connectivity index (χ1n) is 5.33. The lowest BCUT2D eigenvalue weighted by molar-refractivity contribution is -0.136. The van der Waals surface area contributed by atoms with Crippen LogP contribution in [-0.2, 0) is 24.3 Å². The van der Waals surface area contributed by atoms with Gasteiger partial charge in [0.15, 0.2) is 5.75 Å². The zero-order valence-electron chi connectivity index (χ0n) is 10.0. The van der Waals surface area contributed by atoms with Gasteiger partial charge in [0, 0.05) is 33.3 Å². The molecule has 0 bridgehead atoms. The Morgan fingerprint density at radius 3 is 2.22 bits per heavy atom. The summed E-state index contributed by atoms with van der Waals surface area (Å²) in [6.07, 6.45) is 0. The zero-order chi connectivity index (χ0) is 13.8. The smallest absolute Gasteiger partial charge is 0.320 e. The molecule has 18 heavy (non-hydrogen) atoms. The molecule has 9 heteroatoms. The molecule has 104 valence electrons. The third-order valence-electron chi connectivity index (χ3n) is 2.56. The summed E-state index contributed by atoms with van der Waals surface area (Å²) in [5, 5.41) is 8.50. The highest BCUT2D eigenvalue weighted by Crippen LogP contribution is 2.08. The number of ether oxygens (including phenoxy) is 1. The molecule has 1 fully saturated rings. The van der Waals surface area contributed by atoms with E-state index in [4.69, 9.17) is 9.84 Å². The van der Waals surface area contributed by atoms with E-state index in [1.165, 1.54) is 12.0 Å². The van der Waals surface area contributed by atoms with Gasteiger partial charge in [-0.3, -0.25) is 9.59 Å². The van der Waals surface area contributed by atoms with Gasteiger partial charge in [-0.05, 0) is 0 Å². The summed E-state index contributed by atoms with van der Waals surface area (Å²) in [7, 11) is -2.37. The summed E-state index contributed by atoms with van der Waals surface area (Å²) in [5.41, 5.74) is 0. The number of hydrogen-bond acceptors (Lipinski definition) is 5. The third-order valence-corrected chi connectivity index (χ3v) is 4.32.